The van der Waals surface area contributed by atoms with Gasteiger partial charge < -0.3 is 14.8 Å². The first kappa shape index (κ1) is 16.9. The number of aromatic nitrogens is 3. The van der Waals surface area contributed by atoms with Gasteiger partial charge in [0.1, 0.15) is 22.2 Å². The van der Waals surface area contributed by atoms with Gasteiger partial charge in [0.25, 0.3) is 0 Å². The number of hydrogen-bond donors (Lipinski definition) is 1. The van der Waals surface area contributed by atoms with Crippen molar-refractivity contribution < 1.29 is 9.47 Å². The molecule has 0 fully saturated rings. The summed E-state index contributed by atoms with van der Waals surface area (Å²) in [7, 11) is 3.22. The molecule has 0 saturated carbocycles. The Bertz CT molecular complexity index is 886. The maximum atomic E-state index is 5.28. The monoisotopic (exact) mass is 354 g/mol. The zero-order valence-electron chi connectivity index (χ0n) is 14.2. The third-order valence-electron chi connectivity index (χ3n) is 3.50. The van der Waals surface area contributed by atoms with Crippen LogP contribution in [0.5, 0.6) is 11.5 Å². The van der Waals surface area contributed by atoms with Crippen LogP contribution in [0.1, 0.15) is 10.6 Å². The Kier molecular flexibility index (Phi) is 4.95. The summed E-state index contributed by atoms with van der Waals surface area (Å²) >= 11 is 1.55. The van der Waals surface area contributed by atoms with E-state index in [-0.39, 0.29) is 0 Å². The zero-order valence-corrected chi connectivity index (χ0v) is 15.1. The normalized spacial score (nSPS) is 10.4. The van der Waals surface area contributed by atoms with E-state index < -0.39 is 0 Å². The van der Waals surface area contributed by atoms with Crippen molar-refractivity contribution in [1.82, 2.24) is 15.0 Å². The molecule has 0 bridgehead atoms. The van der Waals surface area contributed by atoms with Crippen molar-refractivity contribution in [2.24, 2.45) is 0 Å². The Hall–Kier alpha value is -2.93. The maximum Gasteiger partial charge on any atom is 0.227 e. The second-order valence-electron chi connectivity index (χ2n) is 5.16. The smallest absolute Gasteiger partial charge is 0.227 e. The Morgan fingerprint density at radius 3 is 2.44 bits per heavy atom. The molecule has 0 aliphatic carbocycles. The Morgan fingerprint density at radius 1 is 1.12 bits per heavy atom. The minimum Gasteiger partial charge on any atom is -0.497 e. The number of aryl methyl sites for hydroxylation is 1. The van der Waals surface area contributed by atoms with E-state index in [0.717, 1.165) is 27.0 Å². The van der Waals surface area contributed by atoms with Gasteiger partial charge in [-0.1, -0.05) is 12.7 Å². The molecular weight excluding hydrogens is 336 g/mol. The van der Waals surface area contributed by atoms with Gasteiger partial charge in [-0.3, -0.25) is 0 Å². The molecule has 25 heavy (non-hydrogen) atoms. The second kappa shape index (κ2) is 7.31. The van der Waals surface area contributed by atoms with E-state index in [0.29, 0.717) is 17.4 Å². The lowest BCUT2D eigenvalue weighted by atomic mass is 10.3. The van der Waals surface area contributed by atoms with E-state index >= 15 is 0 Å². The summed E-state index contributed by atoms with van der Waals surface area (Å²) in [6.45, 7) is 5.76. The van der Waals surface area contributed by atoms with E-state index in [9.17, 15) is 0 Å². The van der Waals surface area contributed by atoms with Crippen molar-refractivity contribution in [2.75, 3.05) is 19.5 Å². The van der Waals surface area contributed by atoms with Crippen molar-refractivity contribution in [2.45, 2.75) is 6.92 Å². The largest absolute Gasteiger partial charge is 0.497 e. The average molecular weight is 354 g/mol. The first-order valence-corrected chi connectivity index (χ1v) is 8.38. The van der Waals surface area contributed by atoms with Gasteiger partial charge in [-0.15, -0.1) is 11.3 Å². The lowest BCUT2D eigenvalue weighted by Gasteiger charge is -2.10. The van der Waals surface area contributed by atoms with Crippen molar-refractivity contribution in [3.8, 4) is 22.2 Å². The highest BCUT2D eigenvalue weighted by atomic mass is 32.1. The molecule has 2 heterocycles. The highest BCUT2D eigenvalue weighted by Crippen LogP contribution is 2.29. The predicted molar refractivity (Wildman–Crippen MR) is 101 cm³/mol. The molecule has 2 aromatic heterocycles. The summed E-state index contributed by atoms with van der Waals surface area (Å²) in [5.41, 5.74) is 2.48. The van der Waals surface area contributed by atoms with Crippen molar-refractivity contribution in [3.63, 3.8) is 0 Å². The summed E-state index contributed by atoms with van der Waals surface area (Å²) in [6, 6.07) is 7.34. The van der Waals surface area contributed by atoms with Gasteiger partial charge in [-0.05, 0) is 13.0 Å². The number of hydrogen-bond acceptors (Lipinski definition) is 7. The number of methoxy groups -OCH3 is 2. The maximum absolute atomic E-state index is 5.28. The Labute approximate surface area is 150 Å². The fraction of sp³-hybridized carbons (Fsp3) is 0.167. The number of anilines is 2. The zero-order chi connectivity index (χ0) is 17.8. The molecule has 0 atom stereocenters. The first-order valence-electron chi connectivity index (χ1n) is 7.56. The highest BCUT2D eigenvalue weighted by Gasteiger charge is 2.10. The molecule has 1 N–H and O–H groups in total. The molecule has 0 spiro atoms. The third-order valence-corrected chi connectivity index (χ3v) is 4.68. The lowest BCUT2D eigenvalue weighted by molar-refractivity contribution is 0.395. The third kappa shape index (κ3) is 3.77. The van der Waals surface area contributed by atoms with Gasteiger partial charge in [0.2, 0.25) is 5.95 Å². The molecule has 128 valence electrons. The summed E-state index contributed by atoms with van der Waals surface area (Å²) in [5, 5.41) is 4.01. The number of benzene rings is 1. The van der Waals surface area contributed by atoms with Crippen molar-refractivity contribution in [1.29, 1.82) is 0 Å². The van der Waals surface area contributed by atoms with Crippen LogP contribution in [0.2, 0.25) is 0 Å². The molecule has 0 aliphatic heterocycles. The minimum atomic E-state index is 0.473. The molecule has 3 aromatic rings. The molecule has 0 saturated heterocycles. The van der Waals surface area contributed by atoms with E-state index in [1.165, 1.54) is 0 Å². The Morgan fingerprint density at radius 2 is 1.84 bits per heavy atom. The number of rotatable bonds is 6. The highest BCUT2D eigenvalue weighted by molar-refractivity contribution is 7.16. The van der Waals surface area contributed by atoms with Crippen LogP contribution < -0.4 is 14.8 Å². The van der Waals surface area contributed by atoms with Gasteiger partial charge in [0.15, 0.2) is 0 Å². The van der Waals surface area contributed by atoms with Gasteiger partial charge in [0, 0.05) is 35.0 Å². The van der Waals surface area contributed by atoms with Crippen LogP contribution in [-0.4, -0.2) is 29.2 Å². The fourth-order valence-corrected chi connectivity index (χ4v) is 3.14. The summed E-state index contributed by atoms with van der Waals surface area (Å²) in [4.78, 5) is 14.4. The quantitative estimate of drug-likeness (QED) is 0.711. The van der Waals surface area contributed by atoms with Gasteiger partial charge >= 0.3 is 0 Å². The number of thiazole rings is 1. The van der Waals surface area contributed by atoms with Crippen LogP contribution in [0.3, 0.4) is 0 Å². The molecule has 6 nitrogen and oxygen atoms in total. The van der Waals surface area contributed by atoms with E-state index in [4.69, 9.17) is 9.47 Å². The molecule has 3 rings (SSSR count). The fourth-order valence-electron chi connectivity index (χ4n) is 2.25. The molecule has 0 unspecified atom stereocenters. The molecule has 0 aliphatic rings. The van der Waals surface area contributed by atoms with Crippen LogP contribution in [-0.2, 0) is 0 Å². The van der Waals surface area contributed by atoms with E-state index in [1.54, 1.807) is 43.9 Å². The van der Waals surface area contributed by atoms with Gasteiger partial charge in [-0.2, -0.15) is 0 Å². The van der Waals surface area contributed by atoms with Crippen molar-refractivity contribution >= 4 is 29.0 Å². The molecular formula is C18H18N4O2S. The van der Waals surface area contributed by atoms with Crippen LogP contribution >= 0.6 is 11.3 Å². The van der Waals surface area contributed by atoms with Crippen LogP contribution in [0.4, 0.5) is 11.6 Å². The summed E-state index contributed by atoms with van der Waals surface area (Å²) in [6.07, 6.45) is 3.51. The summed E-state index contributed by atoms with van der Waals surface area (Å²) < 4.78 is 10.6. The number of nitrogens with zero attached hydrogens (tertiary/aromatic N) is 3. The van der Waals surface area contributed by atoms with E-state index in [1.807, 2.05) is 25.1 Å². The Balaban J connectivity index is 1.90. The second-order valence-corrected chi connectivity index (χ2v) is 6.20. The topological polar surface area (TPSA) is 69.2 Å². The van der Waals surface area contributed by atoms with Gasteiger partial charge in [0.05, 0.1) is 19.9 Å². The number of ether oxygens (including phenoxy) is 2. The van der Waals surface area contributed by atoms with Crippen LogP contribution in [0, 0.1) is 6.92 Å². The van der Waals surface area contributed by atoms with Crippen LogP contribution in [0.15, 0.2) is 37.0 Å². The summed E-state index contributed by atoms with van der Waals surface area (Å²) in [5.74, 6) is 1.84. The standard InChI is InChI=1S/C18H18N4O2S/c1-5-16-11(2)20-17(25-16)15-6-7-19-18(22-15)21-12-8-13(23-3)10-14(9-12)24-4/h5-10H,1H2,2-4H3,(H,19,21,22). The molecule has 1 aromatic carbocycles. The molecule has 0 amide bonds. The molecule has 7 heteroatoms. The van der Waals surface area contributed by atoms with E-state index in [2.05, 4.69) is 26.8 Å². The average Bonchev–Trinajstić information content (AvgIpc) is 3.02. The van der Waals surface area contributed by atoms with Crippen LogP contribution in [0.25, 0.3) is 16.8 Å². The lowest BCUT2D eigenvalue weighted by Crippen LogP contribution is -1.99. The first-order chi connectivity index (χ1) is 12.1. The van der Waals surface area contributed by atoms with Gasteiger partial charge in [-0.25, -0.2) is 15.0 Å². The predicted octanol–water partition coefficient (Wildman–Crippen LogP) is 4.31. The number of nitrogens with one attached hydrogen (secondary N) is 1. The van der Waals surface area contributed by atoms with Crippen molar-refractivity contribution in [3.05, 3.63) is 47.6 Å². The minimum absolute atomic E-state index is 0.473. The molecule has 0 radical (unpaired) electrons. The SMILES string of the molecule is C=Cc1sc(-c2ccnc(Nc3cc(OC)cc(OC)c3)n2)nc1C.